The molecule has 0 bridgehead atoms. The summed E-state index contributed by atoms with van der Waals surface area (Å²) >= 11 is 1.34. The van der Waals surface area contributed by atoms with Crippen LogP contribution in [0.3, 0.4) is 0 Å². The summed E-state index contributed by atoms with van der Waals surface area (Å²) in [5.41, 5.74) is 8.14. The number of piperidine rings is 1. The highest BCUT2D eigenvalue weighted by molar-refractivity contribution is 7.99. The average Bonchev–Trinajstić information content (AvgIpc) is 3.38. The van der Waals surface area contributed by atoms with Crippen LogP contribution in [0.15, 0.2) is 40.1 Å². The zero-order valence-electron chi connectivity index (χ0n) is 20.5. The van der Waals surface area contributed by atoms with Gasteiger partial charge in [-0.2, -0.15) is 13.2 Å². The Bertz CT molecular complexity index is 1100. The molecule has 37 heavy (non-hydrogen) atoms. The molecule has 0 unspecified atom stereocenters. The molecular weight excluding hydrogens is 544 g/mol. The van der Waals surface area contributed by atoms with Crippen LogP contribution < -0.4 is 11.1 Å². The lowest BCUT2D eigenvalue weighted by atomic mass is 9.97. The molecule has 0 atom stereocenters. The fraction of sp³-hybridized carbons (Fsp3) is 0.500. The Balaban J connectivity index is 0.00000190. The average molecular weight is 578 g/mol. The van der Waals surface area contributed by atoms with Crippen LogP contribution in [0, 0.1) is 0 Å². The van der Waals surface area contributed by atoms with Crippen LogP contribution in [0.2, 0.25) is 0 Å². The highest BCUT2D eigenvalue weighted by Crippen LogP contribution is 2.46. The van der Waals surface area contributed by atoms with E-state index in [4.69, 9.17) is 5.73 Å². The molecule has 3 aliphatic rings. The first-order chi connectivity index (χ1) is 16.8. The van der Waals surface area contributed by atoms with Crippen LogP contribution in [0.1, 0.15) is 52.7 Å². The second kappa shape index (κ2) is 12.5. The number of benzene rings is 2. The third-order valence-electron chi connectivity index (χ3n) is 7.22. The van der Waals surface area contributed by atoms with Crippen molar-refractivity contribution in [2.45, 2.75) is 54.1 Å². The van der Waals surface area contributed by atoms with Gasteiger partial charge in [0.1, 0.15) is 0 Å². The van der Waals surface area contributed by atoms with E-state index in [1.807, 2.05) is 23.1 Å². The van der Waals surface area contributed by atoms with Gasteiger partial charge in [-0.3, -0.25) is 4.79 Å². The lowest BCUT2D eigenvalue weighted by Gasteiger charge is -2.34. The number of carbonyl (C=O) groups excluding carboxylic acids is 1. The molecule has 3 N–H and O–H groups in total. The van der Waals surface area contributed by atoms with Crippen LogP contribution in [-0.4, -0.2) is 61.0 Å². The number of hydrogen-bond donors (Lipinski definition) is 2. The molecule has 2 aromatic carbocycles. The predicted octanol–water partition coefficient (Wildman–Crippen LogP) is 5.68. The van der Waals surface area contributed by atoms with Crippen LogP contribution in [0.25, 0.3) is 0 Å². The lowest BCUT2D eigenvalue weighted by Crippen LogP contribution is -2.41. The van der Waals surface area contributed by atoms with E-state index in [2.05, 4.69) is 10.2 Å². The number of nitrogens with one attached hydrogen (secondary N) is 1. The Morgan fingerprint density at radius 2 is 1.73 bits per heavy atom. The minimum atomic E-state index is -4.43. The third kappa shape index (κ3) is 6.68. The molecule has 5 rings (SSSR count). The minimum Gasteiger partial charge on any atom is -0.382 e. The second-order valence-corrected chi connectivity index (χ2v) is 10.7. The number of hydrogen-bond acceptors (Lipinski definition) is 5. The van der Waals surface area contributed by atoms with Crippen LogP contribution >= 0.6 is 36.6 Å². The first-order valence-electron chi connectivity index (χ1n) is 12.3. The number of likely N-dealkylation sites (tertiary alicyclic amines) is 2. The summed E-state index contributed by atoms with van der Waals surface area (Å²) in [7, 11) is 0. The Morgan fingerprint density at radius 1 is 1.03 bits per heavy atom. The van der Waals surface area contributed by atoms with Crippen molar-refractivity contribution in [2.24, 2.45) is 5.73 Å². The smallest absolute Gasteiger partial charge is 0.382 e. The van der Waals surface area contributed by atoms with Crippen molar-refractivity contribution < 1.29 is 18.0 Å². The molecule has 3 aliphatic heterocycles. The van der Waals surface area contributed by atoms with Crippen molar-refractivity contribution in [1.29, 1.82) is 0 Å². The summed E-state index contributed by atoms with van der Waals surface area (Å²) in [5.74, 6) is 0.00377. The number of nitrogens with zero attached hydrogens (tertiary/aromatic N) is 2. The van der Waals surface area contributed by atoms with E-state index >= 15 is 0 Å². The molecule has 0 radical (unpaired) electrons. The van der Waals surface area contributed by atoms with Crippen LogP contribution in [0.4, 0.5) is 18.9 Å². The van der Waals surface area contributed by atoms with Crippen LogP contribution in [-0.2, 0) is 12.6 Å². The van der Waals surface area contributed by atoms with Crippen molar-refractivity contribution in [3.8, 4) is 0 Å². The third-order valence-corrected chi connectivity index (χ3v) is 8.41. The first kappa shape index (κ1) is 29.9. The van der Waals surface area contributed by atoms with Gasteiger partial charge >= 0.3 is 6.18 Å². The number of nitrogens with two attached hydrogens (primary N) is 1. The number of rotatable bonds is 5. The predicted molar refractivity (Wildman–Crippen MR) is 147 cm³/mol. The number of anilines is 1. The first-order valence-corrected chi connectivity index (χ1v) is 13.2. The van der Waals surface area contributed by atoms with Gasteiger partial charge in [0, 0.05) is 72.8 Å². The van der Waals surface area contributed by atoms with Crippen molar-refractivity contribution in [3.63, 3.8) is 0 Å². The number of carbonyl (C=O) groups is 1. The summed E-state index contributed by atoms with van der Waals surface area (Å²) in [5, 5.41) is 3.45. The molecule has 5 nitrogen and oxygen atoms in total. The molecular formula is C26H33Cl2F3N4OS. The standard InChI is InChI=1S/C26H31F3N4OS.2ClH/c27-26(28,29)19-15-22(31-20-5-10-32(11-6-20)12-7-30)21-13-17-3-4-18(14-23(17)35-24(21)16-19)25(34)33-8-1-2-9-33;;/h3-4,14-16,20,31H,1-2,5-13,30H2;2*1H. The van der Waals surface area contributed by atoms with E-state index in [0.29, 0.717) is 29.1 Å². The minimum absolute atomic E-state index is 0. The molecule has 0 aliphatic carbocycles. The van der Waals surface area contributed by atoms with Gasteiger partial charge in [0.25, 0.3) is 5.91 Å². The lowest BCUT2D eigenvalue weighted by molar-refractivity contribution is -0.137. The number of halogens is 5. The zero-order chi connectivity index (χ0) is 24.6. The number of fused-ring (bicyclic) bond motifs is 2. The fourth-order valence-corrected chi connectivity index (χ4v) is 6.44. The van der Waals surface area contributed by atoms with Gasteiger partial charge in [0.15, 0.2) is 0 Å². The second-order valence-electron chi connectivity index (χ2n) is 9.65. The van der Waals surface area contributed by atoms with Gasteiger partial charge in [-0.15, -0.1) is 24.8 Å². The molecule has 0 aromatic heterocycles. The summed E-state index contributed by atoms with van der Waals surface area (Å²) < 4.78 is 41.4. The van der Waals surface area contributed by atoms with Crippen molar-refractivity contribution in [1.82, 2.24) is 9.80 Å². The molecule has 0 saturated carbocycles. The topological polar surface area (TPSA) is 61.6 Å². The monoisotopic (exact) mass is 576 g/mol. The molecule has 1 amide bonds. The molecule has 2 fully saturated rings. The summed E-state index contributed by atoms with van der Waals surface area (Å²) in [6.45, 7) is 4.77. The SMILES string of the molecule is Cl.Cl.NCCN1CCC(Nc2cc(C(F)(F)F)cc3c2Cc2ccc(C(=O)N4CCCC4)cc2S3)CC1. The number of alkyl halides is 3. The Kier molecular flexibility index (Phi) is 10.1. The van der Waals surface area contributed by atoms with E-state index in [1.165, 1.54) is 23.9 Å². The fourth-order valence-electron chi connectivity index (χ4n) is 5.25. The van der Waals surface area contributed by atoms with E-state index in [0.717, 1.165) is 74.4 Å². The maximum absolute atomic E-state index is 13.8. The normalized spacial score (nSPS) is 17.9. The highest BCUT2D eigenvalue weighted by atomic mass is 35.5. The van der Waals surface area contributed by atoms with Crippen LogP contribution in [0.5, 0.6) is 0 Å². The molecule has 2 saturated heterocycles. The number of amides is 1. The van der Waals surface area contributed by atoms with Crippen molar-refractivity contribution >= 4 is 48.2 Å². The van der Waals surface area contributed by atoms with E-state index in [9.17, 15) is 18.0 Å². The maximum atomic E-state index is 13.8. The zero-order valence-corrected chi connectivity index (χ0v) is 22.9. The highest BCUT2D eigenvalue weighted by Gasteiger charge is 2.34. The summed E-state index contributed by atoms with van der Waals surface area (Å²) in [6.07, 6.45) is -0.109. The van der Waals surface area contributed by atoms with E-state index < -0.39 is 11.7 Å². The molecule has 11 heteroatoms. The van der Waals surface area contributed by atoms with Gasteiger partial charge in [-0.25, -0.2) is 0 Å². The molecule has 0 spiro atoms. The summed E-state index contributed by atoms with van der Waals surface area (Å²) in [6, 6.07) is 8.32. The van der Waals surface area contributed by atoms with Gasteiger partial charge < -0.3 is 20.9 Å². The van der Waals surface area contributed by atoms with Crippen molar-refractivity contribution in [2.75, 3.05) is 44.6 Å². The summed E-state index contributed by atoms with van der Waals surface area (Å²) in [4.78, 5) is 18.5. The Labute approximate surface area is 232 Å². The largest absolute Gasteiger partial charge is 0.416 e. The van der Waals surface area contributed by atoms with Gasteiger partial charge in [0.2, 0.25) is 0 Å². The Morgan fingerprint density at radius 3 is 2.38 bits per heavy atom. The molecule has 3 heterocycles. The maximum Gasteiger partial charge on any atom is 0.416 e. The quantitative estimate of drug-likeness (QED) is 0.409. The van der Waals surface area contributed by atoms with Gasteiger partial charge in [-0.05, 0) is 61.1 Å². The van der Waals surface area contributed by atoms with Gasteiger partial charge in [0.05, 0.1) is 5.56 Å². The van der Waals surface area contributed by atoms with Gasteiger partial charge in [-0.1, -0.05) is 17.8 Å². The van der Waals surface area contributed by atoms with Crippen molar-refractivity contribution in [3.05, 3.63) is 52.6 Å². The molecule has 204 valence electrons. The Hall–Kier alpha value is -1.65. The molecule has 2 aromatic rings. The van der Waals surface area contributed by atoms with E-state index in [-0.39, 0.29) is 36.8 Å². The van der Waals surface area contributed by atoms with E-state index in [1.54, 1.807) is 0 Å².